The molecule has 0 radical (unpaired) electrons. The molecular weight excluding hydrogens is 554 g/mol. The number of rotatable bonds is 1. The van der Waals surface area contributed by atoms with Gasteiger partial charge in [-0.05, 0) is 64.5 Å². The molecule has 0 aliphatic heterocycles. The van der Waals surface area contributed by atoms with Crippen molar-refractivity contribution in [2.75, 3.05) is 0 Å². The van der Waals surface area contributed by atoms with Gasteiger partial charge in [-0.2, -0.15) is 0 Å². The second-order valence-corrected chi connectivity index (χ2v) is 11.5. The van der Waals surface area contributed by atoms with Crippen molar-refractivity contribution in [3.8, 4) is 5.69 Å². The quantitative estimate of drug-likeness (QED) is 0.185. The van der Waals surface area contributed by atoms with E-state index in [0.717, 1.165) is 10.2 Å². The largest absolute Gasteiger partial charge is 0.308 e. The van der Waals surface area contributed by atoms with Crippen molar-refractivity contribution in [2.24, 2.45) is 0 Å². The van der Waals surface area contributed by atoms with E-state index in [2.05, 4.69) is 151 Å². The Labute approximate surface area is 236 Å². The summed E-state index contributed by atoms with van der Waals surface area (Å²) in [6, 6.07) is 44.3. The van der Waals surface area contributed by atoms with Gasteiger partial charge in [0.2, 0.25) is 0 Å². The number of nitrogens with zero attached hydrogens (tertiary/aromatic N) is 3. The van der Waals surface area contributed by atoms with Crippen LogP contribution in [0, 0.1) is 0 Å². The van der Waals surface area contributed by atoms with Gasteiger partial charge in [0, 0.05) is 42.5 Å². The summed E-state index contributed by atoms with van der Waals surface area (Å²) in [6.07, 6.45) is 0. The number of para-hydroxylation sites is 4. The molecule has 4 aromatic heterocycles. The lowest BCUT2D eigenvalue weighted by atomic mass is 10.1. The van der Waals surface area contributed by atoms with Gasteiger partial charge in [-0.25, -0.2) is 0 Å². The first-order chi connectivity index (χ1) is 19.8. The van der Waals surface area contributed by atoms with E-state index in [0.29, 0.717) is 0 Å². The van der Waals surface area contributed by atoms with Crippen molar-refractivity contribution in [2.45, 2.75) is 0 Å². The molecule has 186 valence electrons. The van der Waals surface area contributed by atoms with Crippen LogP contribution in [0.3, 0.4) is 0 Å². The topological polar surface area (TPSA) is 13.8 Å². The first-order valence-electron chi connectivity index (χ1n) is 13.6. The lowest BCUT2D eigenvalue weighted by Gasteiger charge is -2.10. The number of benzene rings is 6. The van der Waals surface area contributed by atoms with E-state index >= 15 is 0 Å². The van der Waals surface area contributed by atoms with Crippen molar-refractivity contribution in [1.82, 2.24) is 13.4 Å². The summed E-state index contributed by atoms with van der Waals surface area (Å²) in [5.41, 5.74) is 10.9. The third kappa shape index (κ3) is 2.34. The molecule has 0 saturated carbocycles. The molecule has 40 heavy (non-hydrogen) atoms. The van der Waals surface area contributed by atoms with E-state index in [4.69, 9.17) is 0 Å². The standard InChI is InChI=1S/C36H20BrN3/c37-26-18-20-30-33-32-29(38(36(26)33)21-9-2-1-3-10-21)19-17-25-23-12-5-7-15-28(23)40(35(25)32)31-16-8-13-24-22-11-4-6-14-27(22)39(30)34(24)31/h1-20H. The summed E-state index contributed by atoms with van der Waals surface area (Å²) < 4.78 is 8.53. The van der Waals surface area contributed by atoms with Gasteiger partial charge in [0.1, 0.15) is 0 Å². The van der Waals surface area contributed by atoms with E-state index in [1.54, 1.807) is 0 Å². The van der Waals surface area contributed by atoms with Crippen molar-refractivity contribution in [3.63, 3.8) is 0 Å². The highest BCUT2D eigenvalue weighted by Gasteiger charge is 2.25. The molecule has 0 atom stereocenters. The van der Waals surface area contributed by atoms with Crippen molar-refractivity contribution in [3.05, 3.63) is 126 Å². The highest BCUT2D eigenvalue weighted by atomic mass is 79.9. The first kappa shape index (κ1) is 21.1. The number of halogens is 1. The van der Waals surface area contributed by atoms with E-state index in [9.17, 15) is 0 Å². The molecule has 10 aromatic rings. The lowest BCUT2D eigenvalue weighted by molar-refractivity contribution is 1.18. The predicted molar refractivity (Wildman–Crippen MR) is 172 cm³/mol. The van der Waals surface area contributed by atoms with Crippen LogP contribution in [0.1, 0.15) is 0 Å². The van der Waals surface area contributed by atoms with Crippen LogP contribution in [0.2, 0.25) is 0 Å². The summed E-state index contributed by atoms with van der Waals surface area (Å²) in [4.78, 5) is 0. The summed E-state index contributed by atoms with van der Waals surface area (Å²) in [5, 5.41) is 7.64. The van der Waals surface area contributed by atoms with Gasteiger partial charge in [-0.15, -0.1) is 0 Å². The van der Waals surface area contributed by atoms with Crippen LogP contribution >= 0.6 is 15.9 Å². The third-order valence-electron chi connectivity index (χ3n) is 8.81. The van der Waals surface area contributed by atoms with Crippen molar-refractivity contribution < 1.29 is 0 Å². The van der Waals surface area contributed by atoms with E-state index < -0.39 is 0 Å². The maximum atomic E-state index is 3.99. The molecule has 0 aliphatic rings. The van der Waals surface area contributed by atoms with Gasteiger partial charge in [-0.3, -0.25) is 0 Å². The van der Waals surface area contributed by atoms with Crippen LogP contribution in [0.5, 0.6) is 0 Å². The van der Waals surface area contributed by atoms with Crippen molar-refractivity contribution in [1.29, 1.82) is 0 Å². The van der Waals surface area contributed by atoms with Gasteiger partial charge in [0.05, 0.1) is 44.1 Å². The molecule has 0 unspecified atom stereocenters. The molecule has 0 fully saturated rings. The Morgan fingerprint density at radius 1 is 0.375 bits per heavy atom. The monoisotopic (exact) mass is 573 g/mol. The van der Waals surface area contributed by atoms with Gasteiger partial charge in [0.25, 0.3) is 0 Å². The highest BCUT2D eigenvalue weighted by molar-refractivity contribution is 9.10. The van der Waals surface area contributed by atoms with Gasteiger partial charge >= 0.3 is 0 Å². The maximum Gasteiger partial charge on any atom is 0.0782 e. The van der Waals surface area contributed by atoms with Gasteiger partial charge in [0.15, 0.2) is 0 Å². The number of aromatic nitrogens is 3. The van der Waals surface area contributed by atoms with Crippen LogP contribution in [-0.4, -0.2) is 13.4 Å². The molecule has 10 rings (SSSR count). The Hall–Kier alpha value is -4.80. The molecule has 0 bridgehead atoms. The predicted octanol–water partition coefficient (Wildman–Crippen LogP) is 10.1. The molecule has 0 N–H and O–H groups in total. The summed E-state index contributed by atoms with van der Waals surface area (Å²) in [5.74, 6) is 0. The SMILES string of the molecule is Brc1ccc2c3c4c(ccc5c6ccccc6n(c6cccc7c8ccccc8n2c76)c54)n(-c2ccccc2)c13. The Morgan fingerprint density at radius 3 is 1.73 bits per heavy atom. The van der Waals surface area contributed by atoms with Crippen LogP contribution in [0.4, 0.5) is 0 Å². The summed E-state index contributed by atoms with van der Waals surface area (Å²) in [7, 11) is 0. The molecule has 0 saturated heterocycles. The normalized spacial score (nSPS) is 12.6. The van der Waals surface area contributed by atoms with Crippen LogP contribution < -0.4 is 0 Å². The van der Waals surface area contributed by atoms with Gasteiger partial charge in [-0.1, -0.05) is 72.8 Å². The molecule has 3 nitrogen and oxygen atoms in total. The average molecular weight is 574 g/mol. The van der Waals surface area contributed by atoms with Crippen molar-refractivity contribution >= 4 is 92.4 Å². The second-order valence-electron chi connectivity index (χ2n) is 10.7. The molecule has 6 aromatic carbocycles. The fourth-order valence-electron chi connectivity index (χ4n) is 7.33. The third-order valence-corrected chi connectivity index (χ3v) is 9.45. The lowest BCUT2D eigenvalue weighted by Crippen LogP contribution is -1.94. The smallest absolute Gasteiger partial charge is 0.0782 e. The molecule has 4 heteroatoms. The van der Waals surface area contributed by atoms with E-state index in [1.807, 2.05) is 0 Å². The minimum absolute atomic E-state index is 1.09. The number of hydrogen-bond donors (Lipinski definition) is 0. The van der Waals surface area contributed by atoms with E-state index in [-0.39, 0.29) is 0 Å². The highest BCUT2D eigenvalue weighted by Crippen LogP contribution is 2.46. The number of fused-ring (bicyclic) bond motifs is 8. The van der Waals surface area contributed by atoms with Crippen LogP contribution in [0.15, 0.2) is 126 Å². The Bertz CT molecular complexity index is 2650. The average Bonchev–Trinajstić information content (AvgIpc) is 3.64. The molecule has 0 amide bonds. The minimum Gasteiger partial charge on any atom is -0.308 e. The zero-order valence-electron chi connectivity index (χ0n) is 21.3. The summed E-state index contributed by atoms with van der Waals surface area (Å²) in [6.45, 7) is 0. The fourth-order valence-corrected chi connectivity index (χ4v) is 7.84. The molecule has 0 spiro atoms. The van der Waals surface area contributed by atoms with Crippen LogP contribution in [-0.2, 0) is 0 Å². The summed E-state index contributed by atoms with van der Waals surface area (Å²) >= 11 is 3.99. The zero-order valence-corrected chi connectivity index (χ0v) is 22.9. The van der Waals surface area contributed by atoms with E-state index in [1.165, 1.54) is 76.5 Å². The molecule has 4 heterocycles. The second kappa shape index (κ2) is 7.23. The first-order valence-corrected chi connectivity index (χ1v) is 14.4. The Kier molecular flexibility index (Phi) is 3.81. The fraction of sp³-hybridized carbons (Fsp3) is 0. The zero-order chi connectivity index (χ0) is 26.1. The minimum atomic E-state index is 1.09. The van der Waals surface area contributed by atoms with Crippen LogP contribution in [0.25, 0.3) is 82.1 Å². The molecule has 0 aliphatic carbocycles. The molecular formula is C36H20BrN3. The van der Waals surface area contributed by atoms with Gasteiger partial charge < -0.3 is 13.4 Å². The Balaban J connectivity index is 1.70. The Morgan fingerprint density at radius 2 is 0.950 bits per heavy atom. The number of hydrogen-bond acceptors (Lipinski definition) is 0. The maximum absolute atomic E-state index is 3.99.